The third-order valence-corrected chi connectivity index (χ3v) is 6.24. The molecule has 2 heterocycles. The summed E-state index contributed by atoms with van der Waals surface area (Å²) in [5, 5.41) is 7.07. The number of anilines is 2. The number of benzene rings is 2. The maximum absolute atomic E-state index is 13.9. The summed E-state index contributed by atoms with van der Waals surface area (Å²) in [6.07, 6.45) is 4.64. The van der Waals surface area contributed by atoms with Crippen molar-refractivity contribution in [2.24, 2.45) is 4.99 Å². The van der Waals surface area contributed by atoms with Gasteiger partial charge in [0.05, 0.1) is 11.4 Å². The lowest BCUT2D eigenvalue weighted by atomic mass is 10.0. The smallest absolute Gasteiger partial charge is 0.138 e. The van der Waals surface area contributed by atoms with Crippen molar-refractivity contribution in [2.45, 2.75) is 37.6 Å². The van der Waals surface area contributed by atoms with E-state index >= 15 is 0 Å². The minimum Gasteiger partial charge on any atom is -0.385 e. The average Bonchev–Trinajstić information content (AvgIpc) is 3.60. The zero-order valence-electron chi connectivity index (χ0n) is 17.5. The number of fused-ring (bicyclic) bond motifs is 2. The van der Waals surface area contributed by atoms with Gasteiger partial charge in [-0.25, -0.2) is 9.38 Å². The minimum atomic E-state index is -0.253. The second kappa shape index (κ2) is 8.36. The SMILES string of the molecule is COCCC[C@H]1CN(C2=Nc3ccc(F)cc3Nc3ccc(C4CC4)cc32)CCN1. The summed E-state index contributed by atoms with van der Waals surface area (Å²) in [6.45, 7) is 3.53. The Morgan fingerprint density at radius 1 is 1.17 bits per heavy atom. The van der Waals surface area contributed by atoms with E-state index in [-0.39, 0.29) is 5.82 Å². The molecule has 2 aromatic rings. The van der Waals surface area contributed by atoms with Gasteiger partial charge in [0.15, 0.2) is 0 Å². The van der Waals surface area contributed by atoms with Crippen LogP contribution >= 0.6 is 0 Å². The molecule has 0 spiro atoms. The number of nitrogens with zero attached hydrogens (tertiary/aromatic N) is 2. The topological polar surface area (TPSA) is 48.9 Å². The summed E-state index contributed by atoms with van der Waals surface area (Å²) in [5.41, 5.74) is 5.00. The Morgan fingerprint density at radius 3 is 2.90 bits per heavy atom. The lowest BCUT2D eigenvalue weighted by Crippen LogP contribution is -2.52. The van der Waals surface area contributed by atoms with Crippen LogP contribution in [0.1, 0.15) is 42.7 Å². The Morgan fingerprint density at radius 2 is 2.07 bits per heavy atom. The largest absolute Gasteiger partial charge is 0.385 e. The molecule has 1 aliphatic carbocycles. The first kappa shape index (κ1) is 19.5. The van der Waals surface area contributed by atoms with E-state index in [1.165, 1.54) is 30.5 Å². The van der Waals surface area contributed by atoms with E-state index in [1.807, 2.05) is 0 Å². The fraction of sp³-hybridized carbons (Fsp3) is 0.458. The van der Waals surface area contributed by atoms with E-state index in [1.54, 1.807) is 13.2 Å². The zero-order valence-corrected chi connectivity index (χ0v) is 17.5. The first-order valence-electron chi connectivity index (χ1n) is 11.0. The van der Waals surface area contributed by atoms with Crippen molar-refractivity contribution in [3.05, 3.63) is 53.3 Å². The van der Waals surface area contributed by atoms with Gasteiger partial charge in [-0.15, -0.1) is 0 Å². The number of nitrogens with one attached hydrogen (secondary N) is 2. The molecular formula is C24H29FN4O. The maximum atomic E-state index is 13.9. The van der Waals surface area contributed by atoms with E-state index in [9.17, 15) is 4.39 Å². The lowest BCUT2D eigenvalue weighted by molar-refractivity contribution is 0.182. The number of rotatable bonds is 5. The summed E-state index contributed by atoms with van der Waals surface area (Å²) in [6, 6.07) is 11.8. The van der Waals surface area contributed by atoms with Gasteiger partial charge in [-0.3, -0.25) is 0 Å². The molecule has 2 aliphatic heterocycles. The first-order valence-corrected chi connectivity index (χ1v) is 11.0. The van der Waals surface area contributed by atoms with Crippen LogP contribution in [0.2, 0.25) is 0 Å². The van der Waals surface area contributed by atoms with E-state index < -0.39 is 0 Å². The van der Waals surface area contributed by atoms with Gasteiger partial charge in [0.25, 0.3) is 0 Å². The normalized spacial score (nSPS) is 20.7. The molecule has 158 valence electrons. The summed E-state index contributed by atoms with van der Waals surface area (Å²) in [5.74, 6) is 1.41. The molecule has 0 aromatic heterocycles. The molecule has 1 atom stereocenters. The summed E-state index contributed by atoms with van der Waals surface area (Å²) >= 11 is 0. The third-order valence-electron chi connectivity index (χ3n) is 6.24. The molecule has 0 bridgehead atoms. The van der Waals surface area contributed by atoms with Crippen LogP contribution in [0.3, 0.4) is 0 Å². The Hall–Kier alpha value is -2.44. The molecule has 1 saturated heterocycles. The van der Waals surface area contributed by atoms with Crippen LogP contribution in [0.5, 0.6) is 0 Å². The molecule has 0 unspecified atom stereocenters. The van der Waals surface area contributed by atoms with Crippen LogP contribution in [0, 0.1) is 5.82 Å². The monoisotopic (exact) mass is 408 g/mol. The van der Waals surface area contributed by atoms with Gasteiger partial charge in [0, 0.05) is 50.6 Å². The predicted octanol–water partition coefficient (Wildman–Crippen LogP) is 4.54. The van der Waals surface area contributed by atoms with E-state index in [2.05, 4.69) is 33.7 Å². The van der Waals surface area contributed by atoms with Crippen molar-refractivity contribution >= 4 is 22.9 Å². The highest BCUT2D eigenvalue weighted by Crippen LogP contribution is 2.43. The Balaban J connectivity index is 1.51. The number of ether oxygens (including phenoxy) is 1. The van der Waals surface area contributed by atoms with E-state index in [4.69, 9.17) is 9.73 Å². The highest BCUT2D eigenvalue weighted by Gasteiger charge is 2.29. The standard InChI is InChI=1S/C24H29FN4O/c1-30-12-2-3-19-15-29(11-10-26-19)24-20-13-17(16-4-5-16)6-8-21(20)27-23-14-18(25)7-9-22(23)28-24/h6-9,13-14,16,19,26-27H,2-5,10-12,15H2,1H3/t19-/m0/s1. The molecular weight excluding hydrogens is 379 g/mol. The molecule has 2 N–H and O–H groups in total. The van der Waals surface area contributed by atoms with Gasteiger partial charge in [-0.2, -0.15) is 0 Å². The molecule has 5 nitrogen and oxygen atoms in total. The molecule has 2 fully saturated rings. The van der Waals surface area contributed by atoms with Crippen LogP contribution in [0.15, 0.2) is 41.4 Å². The number of piperazine rings is 1. The van der Waals surface area contributed by atoms with Crippen LogP contribution in [0.25, 0.3) is 0 Å². The molecule has 2 aromatic carbocycles. The summed E-state index contributed by atoms with van der Waals surface area (Å²) in [4.78, 5) is 7.45. The minimum absolute atomic E-state index is 0.253. The molecule has 6 heteroatoms. The van der Waals surface area contributed by atoms with Crippen LogP contribution in [0.4, 0.5) is 21.5 Å². The Labute approximate surface area is 177 Å². The van der Waals surface area contributed by atoms with Crippen molar-refractivity contribution in [2.75, 3.05) is 38.7 Å². The summed E-state index contributed by atoms with van der Waals surface area (Å²) < 4.78 is 19.1. The number of hydrogen-bond acceptors (Lipinski definition) is 5. The maximum Gasteiger partial charge on any atom is 0.138 e. The van der Waals surface area contributed by atoms with Gasteiger partial charge < -0.3 is 20.3 Å². The highest BCUT2D eigenvalue weighted by atomic mass is 19.1. The molecule has 1 saturated carbocycles. The zero-order chi connectivity index (χ0) is 20.5. The predicted molar refractivity (Wildman–Crippen MR) is 119 cm³/mol. The quantitative estimate of drug-likeness (QED) is 0.714. The fourth-order valence-electron chi connectivity index (χ4n) is 4.48. The fourth-order valence-corrected chi connectivity index (χ4v) is 4.48. The first-order chi connectivity index (χ1) is 14.7. The van der Waals surface area contributed by atoms with Crippen molar-refractivity contribution < 1.29 is 9.13 Å². The van der Waals surface area contributed by atoms with E-state index in [0.717, 1.165) is 67.5 Å². The van der Waals surface area contributed by atoms with Gasteiger partial charge in [-0.05, 0) is 67.5 Å². The van der Waals surface area contributed by atoms with Gasteiger partial charge in [0.2, 0.25) is 0 Å². The molecule has 3 aliphatic rings. The van der Waals surface area contributed by atoms with Gasteiger partial charge >= 0.3 is 0 Å². The number of amidine groups is 1. The van der Waals surface area contributed by atoms with Crippen LogP contribution in [-0.2, 0) is 4.74 Å². The number of hydrogen-bond donors (Lipinski definition) is 2. The van der Waals surface area contributed by atoms with Crippen LogP contribution in [-0.4, -0.2) is 50.1 Å². The molecule has 5 rings (SSSR count). The van der Waals surface area contributed by atoms with Gasteiger partial charge in [-0.1, -0.05) is 6.07 Å². The Bertz CT molecular complexity index is 956. The molecule has 0 radical (unpaired) electrons. The second-order valence-electron chi connectivity index (χ2n) is 8.53. The van der Waals surface area contributed by atoms with Crippen LogP contribution < -0.4 is 10.6 Å². The van der Waals surface area contributed by atoms with E-state index in [0.29, 0.717) is 12.0 Å². The molecule has 30 heavy (non-hydrogen) atoms. The number of halogens is 1. The van der Waals surface area contributed by atoms with Gasteiger partial charge in [0.1, 0.15) is 11.7 Å². The van der Waals surface area contributed by atoms with Crippen molar-refractivity contribution in [1.29, 1.82) is 0 Å². The average molecular weight is 409 g/mol. The Kier molecular flexibility index (Phi) is 5.44. The summed E-state index contributed by atoms with van der Waals surface area (Å²) in [7, 11) is 1.75. The van der Waals surface area contributed by atoms with Crippen molar-refractivity contribution in [3.63, 3.8) is 0 Å². The van der Waals surface area contributed by atoms with Crippen molar-refractivity contribution in [3.8, 4) is 0 Å². The number of methoxy groups -OCH3 is 1. The van der Waals surface area contributed by atoms with Crippen molar-refractivity contribution in [1.82, 2.24) is 10.2 Å². The third kappa shape index (κ3) is 4.07. The second-order valence-corrected chi connectivity index (χ2v) is 8.53. The lowest BCUT2D eigenvalue weighted by Gasteiger charge is -2.36. The highest BCUT2D eigenvalue weighted by molar-refractivity contribution is 6.08. The molecule has 0 amide bonds. The number of aliphatic imine (C=N–C) groups is 1.